The van der Waals surface area contributed by atoms with Gasteiger partial charge in [-0.2, -0.15) is 0 Å². The van der Waals surface area contributed by atoms with Crippen molar-refractivity contribution in [3.05, 3.63) is 27.2 Å². The molecule has 4 N–H and O–H groups in total. The monoisotopic (exact) mass is 291 g/mol. The van der Waals surface area contributed by atoms with Gasteiger partial charge in [-0.25, -0.2) is 4.98 Å². The molecule has 0 fully saturated rings. The molecule has 2 aromatic rings. The van der Waals surface area contributed by atoms with Gasteiger partial charge >= 0.3 is 0 Å². The van der Waals surface area contributed by atoms with Gasteiger partial charge in [-0.05, 0) is 25.0 Å². The Labute approximate surface area is 122 Å². The number of carbonyl (C=O) groups is 1. The van der Waals surface area contributed by atoms with E-state index in [0.29, 0.717) is 24.1 Å². The van der Waals surface area contributed by atoms with Crippen LogP contribution in [0.25, 0.3) is 11.0 Å². The van der Waals surface area contributed by atoms with Crippen LogP contribution in [-0.4, -0.2) is 27.2 Å². The Morgan fingerprint density at radius 2 is 2.14 bits per heavy atom. The van der Waals surface area contributed by atoms with Crippen LogP contribution in [0.15, 0.2) is 4.79 Å². The second kappa shape index (κ2) is 5.69. The van der Waals surface area contributed by atoms with Crippen molar-refractivity contribution in [2.75, 3.05) is 6.54 Å². The standard InChI is InChI=1S/C14H21N5O2/c1-7(5-15)13(20)16-6-10-8(2)11-12(17-9(10)3)19(4)18-14(11)21/h7H,5-6,15H2,1-4H3,(H,16,20)(H,18,21). The average molecular weight is 291 g/mol. The highest BCUT2D eigenvalue weighted by Gasteiger charge is 2.16. The highest BCUT2D eigenvalue weighted by Crippen LogP contribution is 2.19. The summed E-state index contributed by atoms with van der Waals surface area (Å²) in [5.41, 5.74) is 8.46. The van der Waals surface area contributed by atoms with Gasteiger partial charge in [0.2, 0.25) is 5.91 Å². The molecular formula is C14H21N5O2. The van der Waals surface area contributed by atoms with Crippen LogP contribution in [0.2, 0.25) is 0 Å². The minimum Gasteiger partial charge on any atom is -0.352 e. The van der Waals surface area contributed by atoms with E-state index in [0.717, 1.165) is 16.8 Å². The minimum atomic E-state index is -0.234. The van der Waals surface area contributed by atoms with E-state index in [9.17, 15) is 9.59 Å². The Hall–Kier alpha value is -2.15. The zero-order valence-electron chi connectivity index (χ0n) is 12.8. The number of hydrogen-bond donors (Lipinski definition) is 3. The molecule has 1 amide bonds. The van der Waals surface area contributed by atoms with Crippen LogP contribution >= 0.6 is 0 Å². The summed E-state index contributed by atoms with van der Waals surface area (Å²) in [6.45, 7) is 6.17. The first-order valence-corrected chi connectivity index (χ1v) is 6.89. The van der Waals surface area contributed by atoms with Crippen LogP contribution in [0.1, 0.15) is 23.7 Å². The predicted octanol–water partition coefficient (Wildman–Crippen LogP) is 0.0894. The number of fused-ring (bicyclic) bond motifs is 1. The summed E-state index contributed by atoms with van der Waals surface area (Å²) >= 11 is 0. The van der Waals surface area contributed by atoms with Crippen LogP contribution in [-0.2, 0) is 18.4 Å². The van der Waals surface area contributed by atoms with Crippen LogP contribution in [0.4, 0.5) is 0 Å². The fraction of sp³-hybridized carbons (Fsp3) is 0.500. The Kier molecular flexibility index (Phi) is 4.13. The van der Waals surface area contributed by atoms with Crippen molar-refractivity contribution in [2.45, 2.75) is 27.3 Å². The van der Waals surface area contributed by atoms with E-state index in [1.807, 2.05) is 13.8 Å². The van der Waals surface area contributed by atoms with Crippen LogP contribution in [0, 0.1) is 19.8 Å². The summed E-state index contributed by atoms with van der Waals surface area (Å²) in [4.78, 5) is 28.2. The molecule has 0 saturated heterocycles. The van der Waals surface area contributed by atoms with Gasteiger partial charge in [0.1, 0.15) is 0 Å². The van der Waals surface area contributed by atoms with Crippen molar-refractivity contribution in [1.82, 2.24) is 20.1 Å². The molecule has 0 saturated carbocycles. The molecule has 0 aliphatic heterocycles. The fourth-order valence-corrected chi connectivity index (χ4v) is 2.37. The molecule has 0 radical (unpaired) electrons. The van der Waals surface area contributed by atoms with Gasteiger partial charge in [0.15, 0.2) is 5.65 Å². The number of nitrogens with two attached hydrogens (primary N) is 1. The normalized spacial score (nSPS) is 12.6. The molecule has 0 aliphatic rings. The smallest absolute Gasteiger partial charge is 0.273 e. The van der Waals surface area contributed by atoms with E-state index < -0.39 is 0 Å². The van der Waals surface area contributed by atoms with Gasteiger partial charge in [0.25, 0.3) is 5.56 Å². The molecule has 0 aromatic carbocycles. The summed E-state index contributed by atoms with van der Waals surface area (Å²) in [6.07, 6.45) is 0. The zero-order chi connectivity index (χ0) is 15.7. The number of H-pyrrole nitrogens is 1. The number of aryl methyl sites for hydroxylation is 3. The number of pyridine rings is 1. The van der Waals surface area contributed by atoms with Crippen molar-refractivity contribution >= 4 is 16.9 Å². The molecule has 2 aromatic heterocycles. The summed E-state index contributed by atoms with van der Waals surface area (Å²) in [7, 11) is 1.75. The number of carbonyl (C=O) groups excluding carboxylic acids is 1. The lowest BCUT2D eigenvalue weighted by atomic mass is 10.0. The van der Waals surface area contributed by atoms with E-state index in [1.165, 1.54) is 0 Å². The highest BCUT2D eigenvalue weighted by molar-refractivity contribution is 5.81. The van der Waals surface area contributed by atoms with Crippen molar-refractivity contribution in [3.63, 3.8) is 0 Å². The second-order valence-electron chi connectivity index (χ2n) is 5.35. The highest BCUT2D eigenvalue weighted by atomic mass is 16.2. The summed E-state index contributed by atoms with van der Waals surface area (Å²) in [5, 5.41) is 6.11. The van der Waals surface area contributed by atoms with Crippen LogP contribution in [0.5, 0.6) is 0 Å². The quantitative estimate of drug-likeness (QED) is 0.742. The van der Waals surface area contributed by atoms with Crippen molar-refractivity contribution in [3.8, 4) is 0 Å². The maximum absolute atomic E-state index is 12.0. The molecule has 0 bridgehead atoms. The molecule has 1 unspecified atom stereocenters. The lowest BCUT2D eigenvalue weighted by molar-refractivity contribution is -0.124. The molecule has 2 heterocycles. The first kappa shape index (κ1) is 15.2. The molecular weight excluding hydrogens is 270 g/mol. The Bertz CT molecular complexity index is 744. The summed E-state index contributed by atoms with van der Waals surface area (Å²) in [5.74, 6) is -0.333. The lowest BCUT2D eigenvalue weighted by Gasteiger charge is -2.13. The molecule has 0 aliphatic carbocycles. The lowest BCUT2D eigenvalue weighted by Crippen LogP contribution is -2.33. The SMILES string of the molecule is Cc1nc2c(c(C)c1CNC(=O)C(C)CN)c(=O)[nH]n2C. The van der Waals surface area contributed by atoms with Crippen LogP contribution in [0.3, 0.4) is 0 Å². The van der Waals surface area contributed by atoms with E-state index in [4.69, 9.17) is 5.73 Å². The van der Waals surface area contributed by atoms with Gasteiger partial charge in [-0.1, -0.05) is 6.92 Å². The third-order valence-electron chi connectivity index (χ3n) is 3.82. The number of aromatic amines is 1. The third kappa shape index (κ3) is 2.69. The molecule has 2 rings (SSSR count). The first-order valence-electron chi connectivity index (χ1n) is 6.89. The van der Waals surface area contributed by atoms with E-state index in [1.54, 1.807) is 18.7 Å². The number of rotatable bonds is 4. The summed E-state index contributed by atoms with van der Waals surface area (Å²) in [6, 6.07) is 0. The van der Waals surface area contributed by atoms with Crippen molar-refractivity contribution < 1.29 is 4.79 Å². The average Bonchev–Trinajstić information content (AvgIpc) is 2.72. The Morgan fingerprint density at radius 3 is 2.76 bits per heavy atom. The number of nitrogens with zero attached hydrogens (tertiary/aromatic N) is 2. The fourth-order valence-electron chi connectivity index (χ4n) is 2.37. The maximum atomic E-state index is 12.0. The summed E-state index contributed by atoms with van der Waals surface area (Å²) < 4.78 is 1.61. The molecule has 0 spiro atoms. The van der Waals surface area contributed by atoms with E-state index in [-0.39, 0.29) is 17.4 Å². The van der Waals surface area contributed by atoms with E-state index in [2.05, 4.69) is 15.4 Å². The number of nitrogens with one attached hydrogen (secondary N) is 2. The topological polar surface area (TPSA) is 106 Å². The first-order chi connectivity index (χ1) is 9.86. The second-order valence-corrected chi connectivity index (χ2v) is 5.35. The minimum absolute atomic E-state index is 0.0987. The van der Waals surface area contributed by atoms with Crippen LogP contribution < -0.4 is 16.6 Å². The Morgan fingerprint density at radius 1 is 1.48 bits per heavy atom. The van der Waals surface area contributed by atoms with Gasteiger partial charge in [-0.3, -0.25) is 19.4 Å². The third-order valence-corrected chi connectivity index (χ3v) is 3.82. The largest absolute Gasteiger partial charge is 0.352 e. The van der Waals surface area contributed by atoms with Crippen molar-refractivity contribution in [2.24, 2.45) is 18.7 Å². The van der Waals surface area contributed by atoms with Gasteiger partial charge in [-0.15, -0.1) is 0 Å². The number of hydrogen-bond acceptors (Lipinski definition) is 4. The number of amides is 1. The maximum Gasteiger partial charge on any atom is 0.273 e. The van der Waals surface area contributed by atoms with E-state index >= 15 is 0 Å². The van der Waals surface area contributed by atoms with Crippen molar-refractivity contribution in [1.29, 1.82) is 0 Å². The zero-order valence-corrected chi connectivity index (χ0v) is 12.8. The predicted molar refractivity (Wildman–Crippen MR) is 80.9 cm³/mol. The molecule has 7 nitrogen and oxygen atoms in total. The Balaban J connectivity index is 2.39. The molecule has 21 heavy (non-hydrogen) atoms. The van der Waals surface area contributed by atoms with Gasteiger partial charge in [0.05, 0.1) is 5.39 Å². The van der Waals surface area contributed by atoms with Gasteiger partial charge < -0.3 is 11.1 Å². The number of aromatic nitrogens is 3. The molecule has 114 valence electrons. The molecule has 7 heteroatoms. The van der Waals surface area contributed by atoms with Gasteiger partial charge in [0, 0.05) is 31.7 Å². The molecule has 1 atom stereocenters.